The van der Waals surface area contributed by atoms with E-state index in [1.807, 2.05) is 30.3 Å². The van der Waals surface area contributed by atoms with E-state index in [0.29, 0.717) is 33.1 Å². The first-order chi connectivity index (χ1) is 19.8. The van der Waals surface area contributed by atoms with Gasteiger partial charge in [-0.2, -0.15) is 0 Å². The molecule has 6 rings (SSSR count). The van der Waals surface area contributed by atoms with E-state index in [-0.39, 0.29) is 69.5 Å². The number of ketones is 2. The monoisotopic (exact) mass is 648 g/mol. The maximum atomic E-state index is 12.1. The summed E-state index contributed by atoms with van der Waals surface area (Å²) < 4.78 is 0. The van der Waals surface area contributed by atoms with Crippen LogP contribution in [0.2, 0.25) is 0 Å². The summed E-state index contributed by atoms with van der Waals surface area (Å²) in [5, 5.41) is 3.68. The maximum absolute atomic E-state index is 12.1. The van der Waals surface area contributed by atoms with Crippen molar-refractivity contribution >= 4 is 51.1 Å². The van der Waals surface area contributed by atoms with E-state index in [4.69, 9.17) is 0 Å². The Morgan fingerprint density at radius 1 is 0.548 bits per heavy atom. The van der Waals surface area contributed by atoms with Crippen molar-refractivity contribution in [2.75, 3.05) is 11.9 Å². The minimum atomic E-state index is -0.425. The van der Waals surface area contributed by atoms with Crippen molar-refractivity contribution in [2.24, 2.45) is 0 Å². The van der Waals surface area contributed by atoms with Gasteiger partial charge in [0.15, 0.2) is 11.6 Å². The fourth-order valence-corrected chi connectivity index (χ4v) is 4.34. The van der Waals surface area contributed by atoms with Gasteiger partial charge >= 0.3 is 51.4 Å². The van der Waals surface area contributed by atoms with Crippen molar-refractivity contribution in [2.45, 2.75) is 0 Å². The fourth-order valence-electron chi connectivity index (χ4n) is 4.01. The molecule has 42 heavy (non-hydrogen) atoms. The van der Waals surface area contributed by atoms with Gasteiger partial charge in [-0.05, 0) is 12.1 Å². The first kappa shape index (κ1) is 33.1. The van der Waals surface area contributed by atoms with E-state index in [1.54, 1.807) is 78.9 Å². The van der Waals surface area contributed by atoms with Crippen LogP contribution in [-0.4, -0.2) is 52.0 Å². The summed E-state index contributed by atoms with van der Waals surface area (Å²) in [6, 6.07) is 31.1. The molecule has 0 atom stereocenters. The summed E-state index contributed by atoms with van der Waals surface area (Å²) in [5.74, 6) is -1.79. The molecule has 0 fully saturated rings. The smallest absolute Gasteiger partial charge is 0.587 e. The molecule has 204 valence electrons. The van der Waals surface area contributed by atoms with Crippen molar-refractivity contribution in [3.63, 3.8) is 0 Å². The average molecular weight is 650 g/mol. The number of imide groups is 2. The van der Waals surface area contributed by atoms with Gasteiger partial charge in [0.25, 0.3) is 11.8 Å². The van der Waals surface area contributed by atoms with Crippen LogP contribution >= 0.6 is 15.9 Å². The standard InChI is InChI=1S/C16H11NO3.C8H7BrO.C8H5NO2.K/c18-14(11-6-2-1-3-7-11)10-17-15(19)12-8-4-5-9-13(12)16(17)20;9-6-8(10)7-4-2-1-3-5-7;10-7-5-3-1-2-4-6(5)8(11)9-7;/h1-9H,10H2;1-5H,6H2;1-4H,(H,9,10,11);/q;;;+1/p-1. The Labute approximate surface area is 293 Å². The molecule has 0 N–H and O–H groups in total. The molecule has 0 aromatic heterocycles. The van der Waals surface area contributed by atoms with E-state index in [2.05, 4.69) is 21.2 Å². The minimum Gasteiger partial charge on any atom is -0.587 e. The molecule has 0 bridgehead atoms. The van der Waals surface area contributed by atoms with Gasteiger partial charge < -0.3 is 14.9 Å². The molecule has 2 aliphatic heterocycles. The van der Waals surface area contributed by atoms with Crippen molar-refractivity contribution in [1.82, 2.24) is 4.90 Å². The summed E-state index contributed by atoms with van der Waals surface area (Å²) in [7, 11) is 0. The number of amides is 4. The largest absolute Gasteiger partial charge is 1.00 e. The van der Waals surface area contributed by atoms with E-state index < -0.39 is 23.6 Å². The number of carbonyl (C=O) groups is 6. The van der Waals surface area contributed by atoms with Crippen molar-refractivity contribution in [3.05, 3.63) is 148 Å². The number of rotatable bonds is 5. The molecule has 0 saturated heterocycles. The number of hydrogen-bond acceptors (Lipinski definition) is 6. The van der Waals surface area contributed by atoms with Crippen LogP contribution in [-0.2, 0) is 0 Å². The van der Waals surface area contributed by atoms with Gasteiger partial charge in [-0.1, -0.05) is 113 Å². The molecule has 8 nitrogen and oxygen atoms in total. The van der Waals surface area contributed by atoms with Gasteiger partial charge in [-0.15, -0.1) is 0 Å². The van der Waals surface area contributed by atoms with E-state index in [9.17, 15) is 28.8 Å². The molecule has 0 spiro atoms. The topological polar surface area (TPSA) is 120 Å². The van der Waals surface area contributed by atoms with Crippen LogP contribution < -0.4 is 51.4 Å². The number of halogens is 1. The van der Waals surface area contributed by atoms with Crippen LogP contribution in [0.5, 0.6) is 0 Å². The normalized spacial score (nSPS) is 12.5. The number of benzene rings is 4. The van der Waals surface area contributed by atoms with Gasteiger partial charge in [0.2, 0.25) is 0 Å². The zero-order valence-electron chi connectivity index (χ0n) is 22.5. The number of alkyl halides is 1. The van der Waals surface area contributed by atoms with Crippen LogP contribution in [0.1, 0.15) is 62.1 Å². The van der Waals surface area contributed by atoms with Gasteiger partial charge in [0.05, 0.1) is 34.8 Å². The molecular weight excluding hydrogens is 627 g/mol. The third-order valence-electron chi connectivity index (χ3n) is 6.08. The Hall–Kier alpha value is -3.38. The summed E-state index contributed by atoms with van der Waals surface area (Å²) in [6.07, 6.45) is 0. The van der Waals surface area contributed by atoms with Gasteiger partial charge in [0.1, 0.15) is 0 Å². The number of fused-ring (bicyclic) bond motifs is 2. The van der Waals surface area contributed by atoms with E-state index in [0.717, 1.165) is 10.5 Å². The van der Waals surface area contributed by atoms with Gasteiger partial charge in [-0.3, -0.25) is 24.1 Å². The number of carbonyl (C=O) groups excluding carboxylic acids is 6. The van der Waals surface area contributed by atoms with E-state index >= 15 is 0 Å². The minimum absolute atomic E-state index is 0. The van der Waals surface area contributed by atoms with E-state index in [1.165, 1.54) is 0 Å². The fraction of sp³-hybridized carbons (Fsp3) is 0.0625. The zero-order valence-corrected chi connectivity index (χ0v) is 27.2. The maximum Gasteiger partial charge on any atom is 1.00 e. The summed E-state index contributed by atoms with van der Waals surface area (Å²) in [6.45, 7) is -0.226. The second-order valence-corrected chi connectivity index (χ2v) is 9.28. The van der Waals surface area contributed by atoms with Crippen LogP contribution in [0.4, 0.5) is 0 Å². The van der Waals surface area contributed by atoms with Gasteiger partial charge in [-0.25, -0.2) is 0 Å². The Kier molecular flexibility index (Phi) is 12.4. The molecule has 0 aliphatic carbocycles. The Bertz CT molecular complexity index is 1580. The molecule has 10 heteroatoms. The second-order valence-electron chi connectivity index (χ2n) is 8.72. The zero-order chi connectivity index (χ0) is 29.4. The third-order valence-corrected chi connectivity index (χ3v) is 6.59. The quantitative estimate of drug-likeness (QED) is 0.142. The summed E-state index contributed by atoms with van der Waals surface area (Å²) >= 11 is 3.10. The van der Waals surface area contributed by atoms with Crippen molar-refractivity contribution < 1.29 is 80.2 Å². The van der Waals surface area contributed by atoms with Crippen LogP contribution in [0.25, 0.3) is 5.32 Å². The number of Topliss-reactive ketones (excluding diaryl/α,β-unsaturated/α-hetero) is 2. The Morgan fingerprint density at radius 3 is 1.31 bits per heavy atom. The number of nitrogens with zero attached hydrogens (tertiary/aromatic N) is 2. The van der Waals surface area contributed by atoms with Gasteiger partial charge in [0, 0.05) is 22.3 Å². The Balaban J connectivity index is 0.000000187. The molecular formula is C32H22BrKN2O6. The molecule has 4 amide bonds. The number of hydrogen-bond donors (Lipinski definition) is 0. The molecule has 2 aliphatic rings. The molecule has 0 radical (unpaired) electrons. The molecule has 0 saturated carbocycles. The first-order valence-electron chi connectivity index (χ1n) is 12.4. The molecule has 4 aromatic carbocycles. The second kappa shape index (κ2) is 15.7. The van der Waals surface area contributed by atoms with Crippen LogP contribution in [0.15, 0.2) is 109 Å². The average Bonchev–Trinajstić information content (AvgIpc) is 3.45. The van der Waals surface area contributed by atoms with Crippen LogP contribution in [0.3, 0.4) is 0 Å². The SMILES string of the molecule is O=C(CBr)c1ccccc1.O=C(CN1C(=O)c2ccccc2C1=O)c1ccccc1.O=C1[N-]C(=O)c2ccccc21.[K+]. The molecule has 0 unspecified atom stereocenters. The molecule has 2 heterocycles. The third kappa shape index (κ3) is 7.91. The summed E-state index contributed by atoms with van der Waals surface area (Å²) in [4.78, 5) is 70.1. The predicted octanol–water partition coefficient (Wildman–Crippen LogP) is 2.79. The van der Waals surface area contributed by atoms with Crippen molar-refractivity contribution in [1.29, 1.82) is 0 Å². The summed E-state index contributed by atoms with van der Waals surface area (Å²) in [5.41, 5.74) is 2.80. The van der Waals surface area contributed by atoms with Crippen LogP contribution in [0, 0.1) is 0 Å². The first-order valence-corrected chi connectivity index (χ1v) is 13.5. The molecule has 4 aromatic rings. The predicted molar refractivity (Wildman–Crippen MR) is 156 cm³/mol. The van der Waals surface area contributed by atoms with Crippen molar-refractivity contribution in [3.8, 4) is 0 Å². The Morgan fingerprint density at radius 2 is 0.905 bits per heavy atom.